The topological polar surface area (TPSA) is 40.5 Å². The van der Waals surface area contributed by atoms with Gasteiger partial charge in [0.2, 0.25) is 0 Å². The van der Waals surface area contributed by atoms with Crippen LogP contribution in [0.4, 0.5) is 0 Å². The van der Waals surface area contributed by atoms with Gasteiger partial charge in [-0.3, -0.25) is 4.79 Å². The van der Waals surface area contributed by atoms with E-state index in [0.29, 0.717) is 0 Å². The predicted molar refractivity (Wildman–Crippen MR) is 68.9 cm³/mol. The van der Waals surface area contributed by atoms with Gasteiger partial charge < -0.3 is 10.0 Å². The van der Waals surface area contributed by atoms with Crippen LogP contribution in [-0.2, 0) is 5.54 Å². The van der Waals surface area contributed by atoms with Crippen LogP contribution in [0.5, 0.6) is 0 Å². The van der Waals surface area contributed by atoms with E-state index >= 15 is 0 Å². The van der Waals surface area contributed by atoms with Crippen molar-refractivity contribution in [2.45, 2.75) is 32.7 Å². The van der Waals surface area contributed by atoms with Crippen LogP contribution in [0, 0.1) is 0 Å². The number of carbonyl (C=O) groups excluding carboxylic acids is 1. The number of aliphatic hydroxyl groups excluding tert-OH is 1. The van der Waals surface area contributed by atoms with Gasteiger partial charge in [0.15, 0.2) is 0 Å². The molecule has 0 saturated carbocycles. The van der Waals surface area contributed by atoms with Gasteiger partial charge in [-0.05, 0) is 18.1 Å². The lowest BCUT2D eigenvalue weighted by Gasteiger charge is -2.34. The Hall–Kier alpha value is -1.35. The van der Waals surface area contributed by atoms with Crippen molar-refractivity contribution in [2.75, 3.05) is 13.7 Å². The first-order chi connectivity index (χ1) is 8.17. The van der Waals surface area contributed by atoms with Crippen molar-refractivity contribution in [2.24, 2.45) is 0 Å². The molecule has 3 nitrogen and oxygen atoms in total. The summed E-state index contributed by atoms with van der Waals surface area (Å²) < 4.78 is 0. The van der Waals surface area contributed by atoms with Crippen molar-refractivity contribution in [3.63, 3.8) is 0 Å². The molecule has 0 fully saturated rings. The highest BCUT2D eigenvalue weighted by molar-refractivity contribution is 5.99. The maximum atomic E-state index is 11.9. The van der Waals surface area contributed by atoms with Crippen molar-refractivity contribution >= 4 is 5.91 Å². The number of carbonyl (C=O) groups is 1. The molecule has 1 aromatic carbocycles. The molecule has 17 heavy (non-hydrogen) atoms. The standard InChI is InChI=1S/C12H15NO2.C2H6/c1-3-12(8-14)10-7-5-4-6-9(10)11(15)13(12)2;1-2/h4-7,14H,3,8H2,1-2H3;1-2H3. The van der Waals surface area contributed by atoms with Crippen LogP contribution in [0.3, 0.4) is 0 Å². The minimum absolute atomic E-state index is 0.00139. The molecular formula is C14H21NO2. The SMILES string of the molecule is CC.CCC1(CO)c2ccccc2C(=O)N1C. The highest BCUT2D eigenvalue weighted by Gasteiger charge is 2.45. The fraction of sp³-hybridized carbons (Fsp3) is 0.500. The van der Waals surface area contributed by atoms with Crippen LogP contribution < -0.4 is 0 Å². The average molecular weight is 235 g/mol. The third kappa shape index (κ3) is 1.84. The third-order valence-corrected chi connectivity index (χ3v) is 3.45. The lowest BCUT2D eigenvalue weighted by molar-refractivity contribution is 0.0413. The van der Waals surface area contributed by atoms with Crippen molar-refractivity contribution < 1.29 is 9.90 Å². The number of fused-ring (bicyclic) bond motifs is 1. The molecule has 0 aromatic heterocycles. The second kappa shape index (κ2) is 5.32. The van der Waals surface area contributed by atoms with Crippen LogP contribution in [0.25, 0.3) is 0 Å². The summed E-state index contributed by atoms with van der Waals surface area (Å²) in [6.07, 6.45) is 0.725. The van der Waals surface area contributed by atoms with Crippen LogP contribution in [-0.4, -0.2) is 29.6 Å². The number of amides is 1. The summed E-state index contributed by atoms with van der Waals surface area (Å²) in [7, 11) is 1.75. The number of likely N-dealkylation sites (N-methyl/N-ethyl adjacent to an activating group) is 1. The van der Waals surface area contributed by atoms with Gasteiger partial charge in [-0.25, -0.2) is 0 Å². The number of benzene rings is 1. The zero-order valence-corrected chi connectivity index (χ0v) is 11.0. The maximum absolute atomic E-state index is 11.9. The molecule has 0 aliphatic carbocycles. The summed E-state index contributed by atoms with van der Waals surface area (Å²) in [5.41, 5.74) is 1.15. The van der Waals surface area contributed by atoms with Crippen LogP contribution in [0.15, 0.2) is 24.3 Å². The molecule has 1 N–H and O–H groups in total. The van der Waals surface area contributed by atoms with Gasteiger partial charge >= 0.3 is 0 Å². The van der Waals surface area contributed by atoms with Crippen LogP contribution >= 0.6 is 0 Å². The Morgan fingerprint density at radius 2 is 1.88 bits per heavy atom. The molecule has 94 valence electrons. The first-order valence-electron chi connectivity index (χ1n) is 6.16. The summed E-state index contributed by atoms with van der Waals surface area (Å²) in [6, 6.07) is 7.51. The van der Waals surface area contributed by atoms with Gasteiger partial charge in [-0.15, -0.1) is 0 Å². The number of hydrogen-bond acceptors (Lipinski definition) is 2. The molecule has 1 aliphatic heterocycles. The summed E-state index contributed by atoms with van der Waals surface area (Å²) in [5.74, 6) is 0.00139. The van der Waals surface area contributed by atoms with Gasteiger partial charge in [0.1, 0.15) is 0 Å². The lowest BCUT2D eigenvalue weighted by atomic mass is 9.88. The molecule has 1 unspecified atom stereocenters. The Balaban J connectivity index is 0.000000686. The van der Waals surface area contributed by atoms with Crippen LogP contribution in [0.2, 0.25) is 0 Å². The third-order valence-electron chi connectivity index (χ3n) is 3.45. The zero-order chi connectivity index (χ0) is 13.1. The molecule has 0 radical (unpaired) electrons. The monoisotopic (exact) mass is 235 g/mol. The smallest absolute Gasteiger partial charge is 0.254 e. The molecule has 2 rings (SSSR count). The van der Waals surface area contributed by atoms with Gasteiger partial charge in [-0.2, -0.15) is 0 Å². The summed E-state index contributed by atoms with van der Waals surface area (Å²) >= 11 is 0. The molecule has 0 saturated heterocycles. The number of aliphatic hydroxyl groups is 1. The van der Waals surface area contributed by atoms with E-state index in [2.05, 4.69) is 0 Å². The molecular weight excluding hydrogens is 214 g/mol. The van der Waals surface area contributed by atoms with E-state index in [4.69, 9.17) is 0 Å². The molecule has 1 amide bonds. The van der Waals surface area contributed by atoms with E-state index in [1.54, 1.807) is 11.9 Å². The molecule has 1 atom stereocenters. The Kier molecular flexibility index (Phi) is 4.29. The molecule has 1 aromatic rings. The lowest BCUT2D eigenvalue weighted by Crippen LogP contribution is -2.43. The normalized spacial score (nSPS) is 21.9. The fourth-order valence-electron chi connectivity index (χ4n) is 2.36. The Labute approximate surface area is 103 Å². The van der Waals surface area contributed by atoms with Crippen molar-refractivity contribution in [1.29, 1.82) is 0 Å². The Morgan fingerprint density at radius 1 is 1.29 bits per heavy atom. The van der Waals surface area contributed by atoms with Gasteiger partial charge in [0, 0.05) is 12.6 Å². The van der Waals surface area contributed by atoms with Crippen molar-refractivity contribution in [3.05, 3.63) is 35.4 Å². The minimum Gasteiger partial charge on any atom is -0.394 e. The maximum Gasteiger partial charge on any atom is 0.254 e. The predicted octanol–water partition coefficient (Wildman–Crippen LogP) is 2.40. The Morgan fingerprint density at radius 3 is 2.41 bits per heavy atom. The van der Waals surface area contributed by atoms with Gasteiger partial charge in [0.25, 0.3) is 5.91 Å². The average Bonchev–Trinajstić information content (AvgIpc) is 2.63. The number of hydrogen-bond donors (Lipinski definition) is 1. The van der Waals surface area contributed by atoms with Crippen molar-refractivity contribution in [1.82, 2.24) is 4.90 Å². The second-order valence-electron chi connectivity index (χ2n) is 3.95. The summed E-state index contributed by atoms with van der Waals surface area (Å²) in [4.78, 5) is 13.6. The summed E-state index contributed by atoms with van der Waals surface area (Å²) in [6.45, 7) is 5.96. The summed E-state index contributed by atoms with van der Waals surface area (Å²) in [5, 5.41) is 9.56. The Bertz CT molecular complexity index is 397. The molecule has 0 spiro atoms. The number of nitrogens with zero attached hydrogens (tertiary/aromatic N) is 1. The first kappa shape index (κ1) is 13.7. The largest absolute Gasteiger partial charge is 0.394 e. The number of rotatable bonds is 2. The van der Waals surface area contributed by atoms with E-state index in [1.165, 1.54) is 0 Å². The zero-order valence-electron chi connectivity index (χ0n) is 11.0. The quantitative estimate of drug-likeness (QED) is 0.855. The molecule has 1 aliphatic rings. The molecule has 1 heterocycles. The van der Waals surface area contributed by atoms with E-state index < -0.39 is 5.54 Å². The van der Waals surface area contributed by atoms with Crippen LogP contribution in [0.1, 0.15) is 43.1 Å². The molecule has 3 heteroatoms. The van der Waals surface area contributed by atoms with Crippen molar-refractivity contribution in [3.8, 4) is 0 Å². The van der Waals surface area contributed by atoms with Gasteiger partial charge in [-0.1, -0.05) is 39.0 Å². The fourth-order valence-corrected chi connectivity index (χ4v) is 2.36. The highest BCUT2D eigenvalue weighted by atomic mass is 16.3. The minimum atomic E-state index is -0.520. The first-order valence-corrected chi connectivity index (χ1v) is 6.16. The van der Waals surface area contributed by atoms with E-state index in [-0.39, 0.29) is 12.5 Å². The molecule has 0 bridgehead atoms. The van der Waals surface area contributed by atoms with E-state index in [1.807, 2.05) is 45.0 Å². The van der Waals surface area contributed by atoms with E-state index in [0.717, 1.165) is 17.5 Å². The second-order valence-corrected chi connectivity index (χ2v) is 3.95. The van der Waals surface area contributed by atoms with Gasteiger partial charge in [0.05, 0.1) is 12.1 Å². The van der Waals surface area contributed by atoms with E-state index in [9.17, 15) is 9.90 Å². The highest BCUT2D eigenvalue weighted by Crippen LogP contribution is 2.39.